The molecule has 88 valence electrons. The second-order valence-corrected chi connectivity index (χ2v) is 3.95. The summed E-state index contributed by atoms with van der Waals surface area (Å²) in [7, 11) is 1.20. The van der Waals surface area contributed by atoms with E-state index >= 15 is 0 Å². The summed E-state index contributed by atoms with van der Waals surface area (Å²) in [5.41, 5.74) is -0.338. The molecule has 7 heteroatoms. The average Bonchev–Trinajstić information content (AvgIpc) is 2.21. The van der Waals surface area contributed by atoms with E-state index in [-0.39, 0.29) is 15.7 Å². The maximum Gasteiger partial charge on any atom is 0.311 e. The predicted octanol–water partition coefficient (Wildman–Crippen LogP) is 2.04. The van der Waals surface area contributed by atoms with Gasteiger partial charge in [0, 0.05) is 3.57 Å². The molecule has 1 aromatic heterocycles. The van der Waals surface area contributed by atoms with Crippen molar-refractivity contribution >= 4 is 28.6 Å². The van der Waals surface area contributed by atoms with Gasteiger partial charge < -0.3 is 9.84 Å². The maximum atomic E-state index is 12.6. The first-order chi connectivity index (χ1) is 7.47. The first kappa shape index (κ1) is 13.1. The number of hydrogen-bond donors (Lipinski definition) is 1. The second-order valence-electron chi connectivity index (χ2n) is 2.87. The smallest absolute Gasteiger partial charge is 0.311 e. The summed E-state index contributed by atoms with van der Waals surface area (Å²) in [6.07, 6.45) is -2.11. The van der Waals surface area contributed by atoms with Crippen LogP contribution >= 0.6 is 22.6 Å². The Bertz CT molecular complexity index is 412. The lowest BCUT2D eigenvalue weighted by Gasteiger charge is -2.09. The number of carbonyl (C=O) groups is 1. The summed E-state index contributed by atoms with van der Waals surface area (Å²) in [4.78, 5) is 14.7. The van der Waals surface area contributed by atoms with Crippen molar-refractivity contribution in [3.63, 3.8) is 0 Å². The molecular formula is C9H8F2INO3. The normalized spacial score (nSPS) is 10.6. The zero-order valence-electron chi connectivity index (χ0n) is 8.21. The average molecular weight is 343 g/mol. The minimum Gasteiger partial charge on any atom is -0.506 e. The highest BCUT2D eigenvalue weighted by molar-refractivity contribution is 14.1. The van der Waals surface area contributed by atoms with Crippen molar-refractivity contribution in [2.75, 3.05) is 7.11 Å². The Labute approximate surface area is 104 Å². The quantitative estimate of drug-likeness (QED) is 0.674. The van der Waals surface area contributed by atoms with Crippen molar-refractivity contribution in [2.24, 2.45) is 0 Å². The van der Waals surface area contributed by atoms with Crippen LogP contribution in [0.2, 0.25) is 0 Å². The molecular weight excluding hydrogens is 335 g/mol. The van der Waals surface area contributed by atoms with Crippen LogP contribution in [0, 0.1) is 3.57 Å². The number of nitrogens with zero attached hydrogens (tertiary/aromatic N) is 1. The van der Waals surface area contributed by atoms with Gasteiger partial charge in [-0.3, -0.25) is 9.78 Å². The van der Waals surface area contributed by atoms with Crippen molar-refractivity contribution in [3.8, 4) is 5.75 Å². The predicted molar refractivity (Wildman–Crippen MR) is 59.3 cm³/mol. The number of pyridine rings is 1. The van der Waals surface area contributed by atoms with E-state index in [2.05, 4.69) is 9.72 Å². The molecule has 0 saturated carbocycles. The van der Waals surface area contributed by atoms with Gasteiger partial charge in [0.05, 0.1) is 31.0 Å². The van der Waals surface area contributed by atoms with Crippen molar-refractivity contribution in [2.45, 2.75) is 12.8 Å². The first-order valence-electron chi connectivity index (χ1n) is 4.18. The maximum absolute atomic E-state index is 12.6. The lowest BCUT2D eigenvalue weighted by Crippen LogP contribution is -2.09. The molecule has 1 aromatic rings. The van der Waals surface area contributed by atoms with Gasteiger partial charge in [-0.25, -0.2) is 8.78 Å². The topological polar surface area (TPSA) is 59.4 Å². The van der Waals surface area contributed by atoms with Crippen molar-refractivity contribution in [1.82, 2.24) is 4.98 Å². The molecule has 4 nitrogen and oxygen atoms in total. The van der Waals surface area contributed by atoms with E-state index in [9.17, 15) is 18.7 Å². The number of hydrogen-bond acceptors (Lipinski definition) is 4. The Balaban J connectivity index is 3.13. The molecule has 1 heterocycles. The van der Waals surface area contributed by atoms with Crippen LogP contribution < -0.4 is 0 Å². The number of carbonyl (C=O) groups excluding carboxylic acids is 1. The number of aromatic nitrogens is 1. The summed E-state index contributed by atoms with van der Waals surface area (Å²) in [5, 5.41) is 9.21. The molecule has 0 unspecified atom stereocenters. The third-order valence-corrected chi connectivity index (χ3v) is 3.07. The molecule has 0 aliphatic rings. The van der Waals surface area contributed by atoms with Gasteiger partial charge in [0.1, 0.15) is 5.75 Å². The van der Waals surface area contributed by atoms with Crippen LogP contribution in [-0.4, -0.2) is 23.2 Å². The molecule has 0 bridgehead atoms. The number of rotatable bonds is 3. The van der Waals surface area contributed by atoms with Crippen molar-refractivity contribution in [3.05, 3.63) is 21.0 Å². The monoisotopic (exact) mass is 343 g/mol. The van der Waals surface area contributed by atoms with Crippen LogP contribution in [0.15, 0.2) is 6.20 Å². The van der Waals surface area contributed by atoms with E-state index in [1.807, 2.05) is 0 Å². The molecule has 0 fully saturated rings. The van der Waals surface area contributed by atoms with E-state index in [1.54, 1.807) is 22.6 Å². The van der Waals surface area contributed by atoms with Gasteiger partial charge in [-0.05, 0) is 22.6 Å². The first-order valence-corrected chi connectivity index (χ1v) is 5.26. The van der Waals surface area contributed by atoms with Crippen molar-refractivity contribution < 1.29 is 23.4 Å². The van der Waals surface area contributed by atoms with E-state index in [0.29, 0.717) is 0 Å². The minimum absolute atomic E-state index is 0.0815. The highest BCUT2D eigenvalue weighted by Gasteiger charge is 2.21. The van der Waals surface area contributed by atoms with Gasteiger partial charge in [0.2, 0.25) is 0 Å². The van der Waals surface area contributed by atoms with E-state index in [1.165, 1.54) is 7.11 Å². The number of alkyl halides is 2. The zero-order valence-corrected chi connectivity index (χ0v) is 10.4. The van der Waals surface area contributed by atoms with Gasteiger partial charge in [-0.2, -0.15) is 0 Å². The van der Waals surface area contributed by atoms with Crippen LogP contribution in [0.1, 0.15) is 17.7 Å². The minimum atomic E-state index is -2.81. The molecule has 1 rings (SSSR count). The number of methoxy groups -OCH3 is 1. The van der Waals surface area contributed by atoms with Crippen molar-refractivity contribution in [1.29, 1.82) is 0 Å². The van der Waals surface area contributed by atoms with E-state index < -0.39 is 23.7 Å². The number of ether oxygens (including phenoxy) is 1. The molecule has 0 amide bonds. The Morgan fingerprint density at radius 1 is 1.69 bits per heavy atom. The molecule has 16 heavy (non-hydrogen) atoms. The summed E-state index contributed by atoms with van der Waals surface area (Å²) < 4.78 is 29.6. The molecule has 0 spiro atoms. The largest absolute Gasteiger partial charge is 0.506 e. The van der Waals surface area contributed by atoms with Gasteiger partial charge in [-0.15, -0.1) is 0 Å². The highest BCUT2D eigenvalue weighted by Crippen LogP contribution is 2.33. The molecule has 0 aliphatic heterocycles. The summed E-state index contributed by atoms with van der Waals surface area (Å²) in [6, 6.07) is 0. The van der Waals surface area contributed by atoms with Crippen LogP contribution in [0.3, 0.4) is 0 Å². The molecule has 0 aromatic carbocycles. The number of esters is 1. The Morgan fingerprint density at radius 2 is 2.31 bits per heavy atom. The van der Waals surface area contributed by atoms with Gasteiger partial charge in [0.15, 0.2) is 0 Å². The number of aromatic hydroxyl groups is 1. The third kappa shape index (κ3) is 2.77. The molecule has 0 radical (unpaired) electrons. The van der Waals surface area contributed by atoms with Gasteiger partial charge in [0.25, 0.3) is 6.43 Å². The lowest BCUT2D eigenvalue weighted by atomic mass is 10.2. The SMILES string of the molecule is COC(=O)Cc1ncc(O)c(C(F)F)c1I. The van der Waals surface area contributed by atoms with Gasteiger partial charge >= 0.3 is 5.97 Å². The van der Waals surface area contributed by atoms with Crippen LogP contribution in [0.4, 0.5) is 8.78 Å². The Morgan fingerprint density at radius 3 is 2.81 bits per heavy atom. The third-order valence-electron chi connectivity index (χ3n) is 1.87. The summed E-state index contributed by atoms with van der Waals surface area (Å²) in [6.45, 7) is 0. The summed E-state index contributed by atoms with van der Waals surface area (Å²) in [5.74, 6) is -1.15. The zero-order chi connectivity index (χ0) is 12.3. The molecule has 1 N–H and O–H groups in total. The Kier molecular flexibility index (Phi) is 4.39. The lowest BCUT2D eigenvalue weighted by molar-refractivity contribution is -0.139. The molecule has 0 atom stereocenters. The standard InChI is InChI=1S/C9H8F2INO3/c1-16-6(15)2-4-8(12)7(9(10)11)5(14)3-13-4/h3,9,14H,2H2,1H3. The Hall–Kier alpha value is -0.990. The molecule has 0 aliphatic carbocycles. The fraction of sp³-hybridized carbons (Fsp3) is 0.333. The van der Waals surface area contributed by atoms with Crippen LogP contribution in [0.5, 0.6) is 5.75 Å². The van der Waals surface area contributed by atoms with E-state index in [4.69, 9.17) is 0 Å². The molecule has 0 saturated heterocycles. The van der Waals surface area contributed by atoms with Crippen LogP contribution in [0.25, 0.3) is 0 Å². The highest BCUT2D eigenvalue weighted by atomic mass is 127. The fourth-order valence-electron chi connectivity index (χ4n) is 1.07. The summed E-state index contributed by atoms with van der Waals surface area (Å²) >= 11 is 1.62. The second kappa shape index (κ2) is 5.37. The van der Waals surface area contributed by atoms with E-state index in [0.717, 1.165) is 6.20 Å². The fourth-order valence-corrected chi connectivity index (χ4v) is 1.91. The number of halogens is 3. The van der Waals surface area contributed by atoms with Gasteiger partial charge in [-0.1, -0.05) is 0 Å². The van der Waals surface area contributed by atoms with Crippen LogP contribution in [-0.2, 0) is 16.0 Å².